The van der Waals surface area contributed by atoms with Gasteiger partial charge in [-0.3, -0.25) is 0 Å². The van der Waals surface area contributed by atoms with Crippen molar-refractivity contribution in [1.29, 1.82) is 0 Å². The Labute approximate surface area is 166 Å². The molecule has 4 rings (SSSR count). The Morgan fingerprint density at radius 2 is 2.00 bits per heavy atom. The number of ether oxygens (including phenoxy) is 1. The maximum atomic E-state index is 13.7. The Kier molecular flexibility index (Phi) is 5.89. The molecule has 2 aliphatic heterocycles. The summed E-state index contributed by atoms with van der Waals surface area (Å²) in [5.41, 5.74) is 2.21. The van der Waals surface area contributed by atoms with E-state index in [1.54, 1.807) is 18.2 Å². The maximum absolute atomic E-state index is 13.7. The summed E-state index contributed by atoms with van der Waals surface area (Å²) in [6, 6.07) is 4.97. The Hall–Kier alpha value is -2.03. The minimum atomic E-state index is -0.783. The zero-order chi connectivity index (χ0) is 19.5. The highest BCUT2D eigenvalue weighted by molar-refractivity contribution is 6.30. The van der Waals surface area contributed by atoms with Gasteiger partial charge in [-0.15, -0.1) is 0 Å². The van der Waals surface area contributed by atoms with Gasteiger partial charge in [0.15, 0.2) is 5.82 Å². The first-order chi connectivity index (χ1) is 13.7. The second-order valence-corrected chi connectivity index (χ2v) is 7.33. The molecule has 4 heterocycles. The first-order valence-electron chi connectivity index (χ1n) is 9.35. The molecule has 1 fully saturated rings. The minimum Gasteiger partial charge on any atom is -0.381 e. The van der Waals surface area contributed by atoms with E-state index in [2.05, 4.69) is 10.0 Å². The number of hydrogen-bond acceptors (Lipinski definition) is 6. The third kappa shape index (κ3) is 4.04. The van der Waals surface area contributed by atoms with Gasteiger partial charge in [0.2, 0.25) is 0 Å². The van der Waals surface area contributed by atoms with Crippen LogP contribution in [0.2, 0.25) is 5.02 Å². The number of pyridine rings is 2. The predicted octanol–water partition coefficient (Wildman–Crippen LogP) is 4.14. The quantitative estimate of drug-likeness (QED) is 0.706. The third-order valence-electron chi connectivity index (χ3n) is 5.11. The largest absolute Gasteiger partial charge is 0.381 e. The fraction of sp³-hybridized carbons (Fsp3) is 0.474. The molecule has 0 unspecified atom stereocenters. The second kappa shape index (κ2) is 8.55. The van der Waals surface area contributed by atoms with Gasteiger partial charge in [0.25, 0.3) is 0 Å². The Bertz CT molecular complexity index is 816. The van der Waals surface area contributed by atoms with Crippen molar-refractivity contribution in [3.63, 3.8) is 0 Å². The number of anilines is 3. The van der Waals surface area contributed by atoms with Crippen LogP contribution >= 0.6 is 11.6 Å². The number of rotatable bonds is 4. The lowest BCUT2D eigenvalue weighted by molar-refractivity contribution is -0.134. The van der Waals surface area contributed by atoms with E-state index in [1.165, 1.54) is 6.20 Å². The van der Waals surface area contributed by atoms with E-state index in [0.717, 1.165) is 16.3 Å². The molecule has 2 aromatic heterocycles. The van der Waals surface area contributed by atoms with Crippen LogP contribution in [0.4, 0.5) is 26.2 Å². The average Bonchev–Trinajstić information content (AvgIpc) is 2.96. The number of piperidine rings is 1. The molecule has 150 valence electrons. The van der Waals surface area contributed by atoms with Crippen molar-refractivity contribution in [2.45, 2.75) is 31.9 Å². The third-order valence-corrected chi connectivity index (χ3v) is 5.33. The molecule has 0 aromatic carbocycles. The monoisotopic (exact) mass is 410 g/mol. The summed E-state index contributed by atoms with van der Waals surface area (Å²) in [5, 5.41) is 5.69. The smallest absolute Gasteiger partial charge is 0.161 e. The van der Waals surface area contributed by atoms with Crippen molar-refractivity contribution in [3.8, 4) is 0 Å². The topological polar surface area (TPSA) is 50.7 Å². The zero-order valence-electron chi connectivity index (χ0n) is 15.3. The fourth-order valence-electron chi connectivity index (χ4n) is 3.62. The highest BCUT2D eigenvalue weighted by Gasteiger charge is 2.26. The first kappa shape index (κ1) is 19.3. The molecule has 0 aliphatic carbocycles. The summed E-state index contributed by atoms with van der Waals surface area (Å²) in [6.07, 6.45) is 2.76. The molecule has 0 amide bonds. The number of fused-ring (bicyclic) bond motifs is 1. The number of nitrogens with zero attached hydrogens (tertiary/aromatic N) is 4. The first-order valence-corrected chi connectivity index (χ1v) is 9.73. The number of alkyl halides is 1. The molecule has 0 atom stereocenters. The fourth-order valence-corrected chi connectivity index (χ4v) is 3.74. The van der Waals surface area contributed by atoms with Crippen molar-refractivity contribution in [2.24, 2.45) is 0 Å². The molecule has 0 radical (unpaired) electrons. The molecule has 0 bridgehead atoms. The maximum Gasteiger partial charge on any atom is 0.161 e. The van der Waals surface area contributed by atoms with Crippen LogP contribution in [0.1, 0.15) is 24.1 Å². The van der Waals surface area contributed by atoms with E-state index in [9.17, 15) is 8.92 Å². The number of aromatic nitrogens is 2. The molecule has 0 N–H and O–H groups in total. The van der Waals surface area contributed by atoms with E-state index < -0.39 is 6.17 Å². The van der Waals surface area contributed by atoms with Gasteiger partial charge in [-0.25, -0.2) is 14.4 Å². The highest BCUT2D eigenvalue weighted by atomic mass is 35.5. The minimum absolute atomic E-state index is 0.263. The SMILES string of the molecule is FON(c1ccc(Cl)cn1)c1cc(N2CCC(F)CC2)nc2c1CCOCC2. The van der Waals surface area contributed by atoms with E-state index in [-0.39, 0.29) is 5.82 Å². The van der Waals surface area contributed by atoms with Crippen LogP contribution in [0.3, 0.4) is 0 Å². The summed E-state index contributed by atoms with van der Waals surface area (Å²) in [4.78, 5) is 11.0. The zero-order valence-corrected chi connectivity index (χ0v) is 16.0. The van der Waals surface area contributed by atoms with Gasteiger partial charge in [-0.1, -0.05) is 16.6 Å². The van der Waals surface area contributed by atoms with Crippen molar-refractivity contribution in [2.75, 3.05) is 36.3 Å². The molecule has 0 spiro atoms. The van der Waals surface area contributed by atoms with Crippen molar-refractivity contribution in [1.82, 2.24) is 9.97 Å². The van der Waals surface area contributed by atoms with Gasteiger partial charge in [-0.2, -0.15) is 5.06 Å². The van der Waals surface area contributed by atoms with Crippen LogP contribution in [0.5, 0.6) is 0 Å². The van der Waals surface area contributed by atoms with Gasteiger partial charge >= 0.3 is 0 Å². The summed E-state index contributed by atoms with van der Waals surface area (Å²) in [5.74, 6) is 0.942. The Morgan fingerprint density at radius 1 is 1.21 bits per heavy atom. The normalized spacial score (nSPS) is 17.9. The summed E-state index contributed by atoms with van der Waals surface area (Å²) >= 11 is 5.90. The van der Waals surface area contributed by atoms with Crippen LogP contribution in [-0.2, 0) is 22.6 Å². The molecule has 28 heavy (non-hydrogen) atoms. The molecule has 0 saturated carbocycles. The van der Waals surface area contributed by atoms with Crippen LogP contribution in [0.25, 0.3) is 0 Å². The Balaban J connectivity index is 1.77. The predicted molar refractivity (Wildman–Crippen MR) is 102 cm³/mol. The van der Waals surface area contributed by atoms with Crippen LogP contribution in [0, 0.1) is 0 Å². The molecule has 6 nitrogen and oxygen atoms in total. The summed E-state index contributed by atoms with van der Waals surface area (Å²) in [7, 11) is 0. The highest BCUT2D eigenvalue weighted by Crippen LogP contribution is 2.35. The second-order valence-electron chi connectivity index (χ2n) is 6.90. The standard InChI is InChI=1S/C19H21ClF2N4O2/c20-13-1-2-18(23-12-13)26(28-22)17-11-19(25-7-3-14(21)4-8-25)24-16-6-10-27-9-5-15(16)17/h1-2,11-12,14H,3-10H2. The molecular weight excluding hydrogens is 390 g/mol. The Morgan fingerprint density at radius 3 is 2.71 bits per heavy atom. The average molecular weight is 411 g/mol. The lowest BCUT2D eigenvalue weighted by atomic mass is 10.0. The molecule has 2 aromatic rings. The van der Waals surface area contributed by atoms with Crippen molar-refractivity contribution < 1.29 is 18.7 Å². The number of hydrogen-bond donors (Lipinski definition) is 0. The molecule has 9 heteroatoms. The summed E-state index contributed by atoms with van der Waals surface area (Å²) < 4.78 is 32.8. The van der Waals surface area contributed by atoms with E-state index in [1.807, 2.05) is 4.90 Å². The number of halogens is 3. The van der Waals surface area contributed by atoms with Crippen LogP contribution in [0.15, 0.2) is 24.4 Å². The summed E-state index contributed by atoms with van der Waals surface area (Å²) in [6.45, 7) is 2.20. The lowest BCUT2D eigenvalue weighted by Gasteiger charge is -2.31. The van der Waals surface area contributed by atoms with E-state index >= 15 is 0 Å². The van der Waals surface area contributed by atoms with Crippen LogP contribution in [-0.4, -0.2) is 42.4 Å². The van der Waals surface area contributed by atoms with Gasteiger partial charge in [0.1, 0.15) is 12.0 Å². The van der Waals surface area contributed by atoms with Gasteiger partial charge in [-0.05, 0) is 35.9 Å². The van der Waals surface area contributed by atoms with Gasteiger partial charge < -0.3 is 9.64 Å². The van der Waals surface area contributed by atoms with E-state index in [0.29, 0.717) is 68.5 Å². The molecular formula is C19H21ClF2N4O2. The van der Waals surface area contributed by atoms with Crippen LogP contribution < -0.4 is 9.96 Å². The van der Waals surface area contributed by atoms with Crippen molar-refractivity contribution in [3.05, 3.63) is 40.7 Å². The molecule has 2 aliphatic rings. The van der Waals surface area contributed by atoms with Gasteiger partial charge in [0, 0.05) is 37.3 Å². The lowest BCUT2D eigenvalue weighted by Crippen LogP contribution is -2.35. The van der Waals surface area contributed by atoms with Gasteiger partial charge in [0.05, 0.1) is 29.6 Å². The van der Waals surface area contributed by atoms with Crippen molar-refractivity contribution >= 4 is 28.9 Å². The molecule has 1 saturated heterocycles. The van der Waals surface area contributed by atoms with E-state index in [4.69, 9.17) is 21.3 Å².